The molecular formula is C26H32N6O2. The van der Waals surface area contributed by atoms with Gasteiger partial charge in [-0.15, -0.1) is 10.2 Å². The summed E-state index contributed by atoms with van der Waals surface area (Å²) in [4.78, 5) is 12.9. The van der Waals surface area contributed by atoms with Crippen LogP contribution < -0.4 is 5.43 Å². The molecule has 2 N–H and O–H groups in total. The average Bonchev–Trinajstić information content (AvgIpc) is 3.49. The number of aromatic amines is 1. The fraction of sp³-hybridized carbons (Fsp3) is 0.385. The van der Waals surface area contributed by atoms with Crippen molar-refractivity contribution in [1.82, 2.24) is 31.1 Å². The second-order valence-corrected chi connectivity index (χ2v) is 8.71. The molecule has 0 spiro atoms. The van der Waals surface area contributed by atoms with Gasteiger partial charge in [0.25, 0.3) is 0 Å². The van der Waals surface area contributed by atoms with Crippen molar-refractivity contribution in [2.75, 3.05) is 13.2 Å². The normalized spacial score (nSPS) is 16.2. The molecule has 34 heavy (non-hydrogen) atoms. The number of H-pyrrole nitrogens is 1. The number of carbonyl (C=O) groups excluding carboxylic acids is 1. The van der Waals surface area contributed by atoms with E-state index in [1.807, 2.05) is 25.1 Å². The molecule has 0 saturated heterocycles. The summed E-state index contributed by atoms with van der Waals surface area (Å²) in [6, 6.07) is 16.4. The van der Waals surface area contributed by atoms with E-state index in [1.165, 1.54) is 0 Å². The Kier molecular flexibility index (Phi) is 7.37. The van der Waals surface area contributed by atoms with E-state index < -0.39 is 0 Å². The van der Waals surface area contributed by atoms with E-state index >= 15 is 0 Å². The van der Waals surface area contributed by atoms with Crippen LogP contribution in [0.15, 0.2) is 59.8 Å². The van der Waals surface area contributed by atoms with E-state index in [0.717, 1.165) is 46.5 Å². The first-order valence-corrected chi connectivity index (χ1v) is 11.9. The third kappa shape index (κ3) is 4.87. The predicted molar refractivity (Wildman–Crippen MR) is 131 cm³/mol. The number of hydrazine groups is 1. The highest BCUT2D eigenvalue weighted by molar-refractivity contribution is 5.91. The van der Waals surface area contributed by atoms with Crippen molar-refractivity contribution in [2.45, 2.75) is 46.6 Å². The molecule has 0 radical (unpaired) electrons. The first-order valence-electron chi connectivity index (χ1n) is 11.9. The maximum Gasteiger partial charge on any atom is 0.337 e. The van der Waals surface area contributed by atoms with Crippen LogP contribution in [-0.2, 0) is 16.0 Å². The second-order valence-electron chi connectivity index (χ2n) is 8.71. The van der Waals surface area contributed by atoms with Gasteiger partial charge >= 0.3 is 5.97 Å². The van der Waals surface area contributed by atoms with E-state index in [4.69, 9.17) is 4.74 Å². The van der Waals surface area contributed by atoms with Crippen molar-refractivity contribution in [3.8, 4) is 22.5 Å². The second kappa shape index (κ2) is 10.6. The van der Waals surface area contributed by atoms with Crippen LogP contribution in [-0.4, -0.2) is 50.8 Å². The SMILES string of the molecule is CCCN1NC(C(C)C)=C(C(=O)OCC)C1Cc1ccc(-c2ccccc2-c2nn[nH]n2)cc1. The summed E-state index contributed by atoms with van der Waals surface area (Å²) < 4.78 is 5.44. The number of hydrogen-bond acceptors (Lipinski definition) is 7. The Morgan fingerprint density at radius 1 is 1.09 bits per heavy atom. The van der Waals surface area contributed by atoms with E-state index in [2.05, 4.69) is 82.2 Å². The number of aromatic nitrogens is 4. The van der Waals surface area contributed by atoms with Gasteiger partial charge < -0.3 is 10.2 Å². The minimum atomic E-state index is -0.229. The first-order chi connectivity index (χ1) is 16.5. The van der Waals surface area contributed by atoms with Gasteiger partial charge in [-0.1, -0.05) is 69.3 Å². The van der Waals surface area contributed by atoms with Crippen LogP contribution in [0.1, 0.15) is 39.7 Å². The number of hydrogen-bond donors (Lipinski definition) is 2. The molecule has 3 aromatic rings. The Hall–Kier alpha value is -3.52. The third-order valence-corrected chi connectivity index (χ3v) is 6.01. The molecule has 1 atom stereocenters. The highest BCUT2D eigenvalue weighted by Gasteiger charge is 2.38. The molecule has 0 fully saturated rings. The smallest absolute Gasteiger partial charge is 0.337 e. The molecule has 1 aromatic heterocycles. The highest BCUT2D eigenvalue weighted by Crippen LogP contribution is 2.32. The quantitative estimate of drug-likeness (QED) is 0.463. The van der Waals surface area contributed by atoms with Crippen LogP contribution in [0.2, 0.25) is 0 Å². The lowest BCUT2D eigenvalue weighted by Gasteiger charge is -2.26. The Labute approximate surface area is 200 Å². The molecule has 1 aliphatic rings. The zero-order chi connectivity index (χ0) is 24.1. The monoisotopic (exact) mass is 460 g/mol. The van der Waals surface area contributed by atoms with Crippen molar-refractivity contribution >= 4 is 5.97 Å². The highest BCUT2D eigenvalue weighted by atomic mass is 16.5. The van der Waals surface area contributed by atoms with Crippen molar-refractivity contribution in [3.63, 3.8) is 0 Å². The van der Waals surface area contributed by atoms with Gasteiger partial charge in [0.1, 0.15) is 0 Å². The molecule has 8 nitrogen and oxygen atoms in total. The van der Waals surface area contributed by atoms with Crippen LogP contribution in [0.4, 0.5) is 0 Å². The summed E-state index contributed by atoms with van der Waals surface area (Å²) in [7, 11) is 0. The van der Waals surface area contributed by atoms with Crippen molar-refractivity contribution in [1.29, 1.82) is 0 Å². The number of benzene rings is 2. The minimum absolute atomic E-state index is 0.0751. The number of nitrogens with one attached hydrogen (secondary N) is 2. The number of tetrazole rings is 1. The Morgan fingerprint density at radius 3 is 2.44 bits per heavy atom. The van der Waals surface area contributed by atoms with Gasteiger partial charge in [-0.3, -0.25) is 0 Å². The molecule has 2 heterocycles. The van der Waals surface area contributed by atoms with Crippen LogP contribution in [0.3, 0.4) is 0 Å². The summed E-state index contributed by atoms with van der Waals surface area (Å²) in [5, 5.41) is 16.7. The summed E-state index contributed by atoms with van der Waals surface area (Å²) in [5.74, 6) is 0.540. The Bertz CT molecular complexity index is 1140. The van der Waals surface area contributed by atoms with E-state index in [-0.39, 0.29) is 17.9 Å². The standard InChI is InChI=1S/C26H32N6O2/c1-5-15-32-22(23(26(33)34-6-2)24(29-32)17(3)4)16-18-11-13-19(14-12-18)20-9-7-8-10-21(20)25-27-30-31-28-25/h7-14,17,22,29H,5-6,15-16H2,1-4H3,(H,27,28,30,31). The van der Waals surface area contributed by atoms with E-state index in [0.29, 0.717) is 18.9 Å². The molecule has 0 saturated carbocycles. The lowest BCUT2D eigenvalue weighted by atomic mass is 9.93. The summed E-state index contributed by atoms with van der Waals surface area (Å²) in [6.07, 6.45) is 1.70. The molecule has 1 unspecified atom stereocenters. The first kappa shape index (κ1) is 23.6. The molecule has 8 heteroatoms. The van der Waals surface area contributed by atoms with Gasteiger partial charge in [-0.25, -0.2) is 9.80 Å². The molecule has 0 aliphatic carbocycles. The zero-order valence-electron chi connectivity index (χ0n) is 20.2. The number of rotatable bonds is 9. The number of nitrogens with zero attached hydrogens (tertiary/aromatic N) is 4. The van der Waals surface area contributed by atoms with Crippen molar-refractivity contribution < 1.29 is 9.53 Å². The number of ether oxygens (including phenoxy) is 1. The Morgan fingerprint density at radius 2 is 1.82 bits per heavy atom. The lowest BCUT2D eigenvalue weighted by Crippen LogP contribution is -2.42. The average molecular weight is 461 g/mol. The maximum absolute atomic E-state index is 12.9. The van der Waals surface area contributed by atoms with Crippen LogP contribution in [0, 0.1) is 5.92 Å². The summed E-state index contributed by atoms with van der Waals surface area (Å²) in [5.41, 5.74) is 9.40. The number of allylic oxidation sites excluding steroid dienone is 1. The minimum Gasteiger partial charge on any atom is -0.463 e. The maximum atomic E-state index is 12.9. The van der Waals surface area contributed by atoms with Gasteiger partial charge in [0, 0.05) is 17.8 Å². The van der Waals surface area contributed by atoms with Gasteiger partial charge in [0.05, 0.1) is 18.2 Å². The van der Waals surface area contributed by atoms with E-state index in [9.17, 15) is 4.79 Å². The van der Waals surface area contributed by atoms with Gasteiger partial charge in [0.15, 0.2) is 0 Å². The number of carbonyl (C=O) groups is 1. The van der Waals surface area contributed by atoms with Gasteiger partial charge in [-0.05, 0) is 47.6 Å². The largest absolute Gasteiger partial charge is 0.463 e. The predicted octanol–water partition coefficient (Wildman–Crippen LogP) is 4.15. The number of esters is 1. The zero-order valence-corrected chi connectivity index (χ0v) is 20.2. The van der Waals surface area contributed by atoms with Crippen LogP contribution in [0.25, 0.3) is 22.5 Å². The fourth-order valence-electron chi connectivity index (χ4n) is 4.44. The Balaban J connectivity index is 1.62. The molecule has 178 valence electrons. The van der Waals surface area contributed by atoms with Gasteiger partial charge in [-0.2, -0.15) is 5.21 Å². The molecule has 2 aromatic carbocycles. The van der Waals surface area contributed by atoms with Crippen molar-refractivity contribution in [2.24, 2.45) is 5.92 Å². The lowest BCUT2D eigenvalue weighted by molar-refractivity contribution is -0.139. The summed E-state index contributed by atoms with van der Waals surface area (Å²) in [6.45, 7) is 9.41. The van der Waals surface area contributed by atoms with Crippen LogP contribution in [0.5, 0.6) is 0 Å². The van der Waals surface area contributed by atoms with Gasteiger partial charge in [0.2, 0.25) is 5.82 Å². The van der Waals surface area contributed by atoms with E-state index in [1.54, 1.807) is 0 Å². The van der Waals surface area contributed by atoms with Crippen LogP contribution >= 0.6 is 0 Å². The molecule has 0 amide bonds. The molecule has 4 rings (SSSR count). The third-order valence-electron chi connectivity index (χ3n) is 6.01. The van der Waals surface area contributed by atoms with Crippen molar-refractivity contribution in [3.05, 3.63) is 65.4 Å². The molecule has 1 aliphatic heterocycles. The molecule has 0 bridgehead atoms. The summed E-state index contributed by atoms with van der Waals surface area (Å²) >= 11 is 0. The topological polar surface area (TPSA) is 96.0 Å². The fourth-order valence-corrected chi connectivity index (χ4v) is 4.44. The molecular weight excluding hydrogens is 428 g/mol.